The van der Waals surface area contributed by atoms with Crippen molar-refractivity contribution in [2.24, 2.45) is 11.3 Å². The molecule has 0 spiro atoms. The van der Waals surface area contributed by atoms with Crippen LogP contribution in [0, 0.1) is 11.3 Å². The molecule has 4 rings (SSSR count). The van der Waals surface area contributed by atoms with Gasteiger partial charge in [0.15, 0.2) is 11.8 Å². The number of anilines is 1. The second-order valence-corrected chi connectivity index (χ2v) is 11.0. The van der Waals surface area contributed by atoms with Crippen LogP contribution in [0.2, 0.25) is 0 Å². The van der Waals surface area contributed by atoms with Gasteiger partial charge in [0, 0.05) is 28.9 Å². The van der Waals surface area contributed by atoms with E-state index in [4.69, 9.17) is 0 Å². The van der Waals surface area contributed by atoms with E-state index in [0.717, 1.165) is 6.54 Å². The molecule has 0 N–H and O–H groups in total. The van der Waals surface area contributed by atoms with Gasteiger partial charge in [-0.2, -0.15) is 0 Å². The van der Waals surface area contributed by atoms with Crippen molar-refractivity contribution in [1.82, 2.24) is 0 Å². The number of fused-ring (bicyclic) bond motifs is 2. The van der Waals surface area contributed by atoms with Crippen molar-refractivity contribution in [2.45, 2.75) is 66.0 Å². The number of para-hydroxylation sites is 1. The molecule has 1 aromatic rings. The molecule has 2 unspecified atom stereocenters. The van der Waals surface area contributed by atoms with Crippen LogP contribution in [0.1, 0.15) is 54.0 Å². The average Bonchev–Trinajstić information content (AvgIpc) is 3.17. The van der Waals surface area contributed by atoms with Crippen molar-refractivity contribution in [2.75, 3.05) is 11.4 Å². The number of allylic oxidation sites excluding steroid dienone is 10. The molecule has 178 valence electrons. The Labute approximate surface area is 207 Å². The molecule has 0 saturated carbocycles. The lowest BCUT2D eigenvalue weighted by Crippen LogP contribution is -2.31. The Morgan fingerprint density at radius 1 is 0.941 bits per heavy atom. The molecule has 2 heterocycles. The lowest BCUT2D eigenvalue weighted by Gasteiger charge is -2.30. The Balaban J connectivity index is 1.50. The van der Waals surface area contributed by atoms with E-state index < -0.39 is 0 Å². The Morgan fingerprint density at radius 2 is 1.62 bits per heavy atom. The molecule has 2 aliphatic heterocycles. The third kappa shape index (κ3) is 4.08. The molecule has 0 bridgehead atoms. The van der Waals surface area contributed by atoms with Gasteiger partial charge < -0.3 is 4.90 Å². The lowest BCUT2D eigenvalue weighted by atomic mass is 9.73. The van der Waals surface area contributed by atoms with E-state index in [-0.39, 0.29) is 10.8 Å². The Morgan fingerprint density at radius 3 is 2.35 bits per heavy atom. The molecular formula is C32H41N2+. The highest BCUT2D eigenvalue weighted by Crippen LogP contribution is 2.48. The van der Waals surface area contributed by atoms with Gasteiger partial charge in [-0.3, -0.25) is 0 Å². The van der Waals surface area contributed by atoms with E-state index in [1.165, 1.54) is 22.7 Å². The number of nitrogens with zero attached hydrogens (tertiary/aromatic N) is 2. The van der Waals surface area contributed by atoms with Crippen LogP contribution in [-0.4, -0.2) is 28.9 Å². The van der Waals surface area contributed by atoms with Gasteiger partial charge in [0.05, 0.1) is 11.3 Å². The maximum atomic E-state index is 2.55. The highest BCUT2D eigenvalue weighted by Gasteiger charge is 2.51. The Hall–Kier alpha value is -2.87. The minimum absolute atomic E-state index is 0.00278. The molecule has 2 nitrogen and oxygen atoms in total. The van der Waals surface area contributed by atoms with Crippen LogP contribution in [0.4, 0.5) is 5.69 Å². The zero-order valence-corrected chi connectivity index (χ0v) is 22.0. The molecule has 0 radical (unpaired) electrons. The normalized spacial score (nSPS) is 26.2. The largest absolute Gasteiger partial charge is 0.341 e. The fourth-order valence-corrected chi connectivity index (χ4v) is 6.07. The number of hydrogen-bond acceptors (Lipinski definition) is 1. The van der Waals surface area contributed by atoms with Gasteiger partial charge in [-0.25, -0.2) is 4.58 Å². The second kappa shape index (κ2) is 9.41. The summed E-state index contributed by atoms with van der Waals surface area (Å²) in [5.41, 5.74) is 5.66. The van der Waals surface area contributed by atoms with Gasteiger partial charge in [0.2, 0.25) is 0 Å². The van der Waals surface area contributed by atoms with Crippen LogP contribution in [-0.2, 0) is 5.41 Å². The first-order valence-corrected chi connectivity index (χ1v) is 12.8. The molecule has 3 aliphatic rings. The average molecular weight is 454 g/mol. The number of rotatable bonds is 6. The van der Waals surface area contributed by atoms with E-state index in [0.29, 0.717) is 18.0 Å². The summed E-state index contributed by atoms with van der Waals surface area (Å²) in [4.78, 5) is 2.48. The zero-order valence-electron chi connectivity index (χ0n) is 22.0. The van der Waals surface area contributed by atoms with Crippen molar-refractivity contribution in [1.29, 1.82) is 0 Å². The number of benzene rings is 1. The van der Waals surface area contributed by atoms with Crippen molar-refractivity contribution in [3.8, 4) is 0 Å². The van der Waals surface area contributed by atoms with Gasteiger partial charge in [0.25, 0.3) is 0 Å². The molecular weight excluding hydrogens is 412 g/mol. The first-order chi connectivity index (χ1) is 16.2. The highest BCUT2D eigenvalue weighted by molar-refractivity contribution is 5.97. The van der Waals surface area contributed by atoms with Crippen molar-refractivity contribution >= 4 is 11.4 Å². The summed E-state index contributed by atoms with van der Waals surface area (Å²) in [6.07, 6.45) is 24.5. The standard InChI is InChI=1S/C32H41N2/c1-8-33-27-20-16-14-18-25(27)31(4,5)29(33)22-12-10-9-11-13-23-30-32(6,7)26-19-15-17-21-28(26)34(30)24(2)3/h9-25,27H,8H2,1-7H3/q+1. The van der Waals surface area contributed by atoms with E-state index in [1.807, 2.05) is 0 Å². The molecule has 1 aliphatic carbocycles. The van der Waals surface area contributed by atoms with E-state index in [9.17, 15) is 0 Å². The fraction of sp³-hybridized carbons (Fsp3) is 0.406. The highest BCUT2D eigenvalue weighted by atomic mass is 15.2. The maximum Gasteiger partial charge on any atom is 0.183 e. The minimum Gasteiger partial charge on any atom is -0.341 e. The summed E-state index contributed by atoms with van der Waals surface area (Å²) in [6.45, 7) is 17.2. The monoisotopic (exact) mass is 453 g/mol. The SMILES string of the molecule is CC[N+]1=C(C=CC=CC=CC=C2N(C(C)C)c3ccccc3C2(C)C)C(C)(C)C2C=CC=CC21. The molecule has 34 heavy (non-hydrogen) atoms. The molecule has 1 aromatic carbocycles. The van der Waals surface area contributed by atoms with Crippen LogP contribution >= 0.6 is 0 Å². The zero-order chi connectivity index (χ0) is 24.5. The van der Waals surface area contributed by atoms with E-state index in [1.54, 1.807) is 0 Å². The van der Waals surface area contributed by atoms with E-state index >= 15 is 0 Å². The lowest BCUT2D eigenvalue weighted by molar-refractivity contribution is -0.546. The first kappa shape index (κ1) is 24.3. The van der Waals surface area contributed by atoms with Crippen molar-refractivity contribution in [3.63, 3.8) is 0 Å². The topological polar surface area (TPSA) is 6.25 Å². The maximum absolute atomic E-state index is 2.55. The summed E-state index contributed by atoms with van der Waals surface area (Å²) in [5, 5.41) is 0. The molecule has 0 saturated heterocycles. The second-order valence-electron chi connectivity index (χ2n) is 11.0. The van der Waals surface area contributed by atoms with Crippen molar-refractivity contribution < 1.29 is 4.58 Å². The summed E-state index contributed by atoms with van der Waals surface area (Å²) >= 11 is 0. The predicted octanol–water partition coefficient (Wildman–Crippen LogP) is 7.37. The van der Waals surface area contributed by atoms with Gasteiger partial charge >= 0.3 is 0 Å². The summed E-state index contributed by atoms with van der Waals surface area (Å²) in [6, 6.07) is 9.70. The predicted molar refractivity (Wildman–Crippen MR) is 148 cm³/mol. The molecule has 2 atom stereocenters. The smallest absolute Gasteiger partial charge is 0.183 e. The van der Waals surface area contributed by atoms with Crippen LogP contribution in [0.3, 0.4) is 0 Å². The van der Waals surface area contributed by atoms with Gasteiger partial charge in [-0.05, 0) is 58.4 Å². The van der Waals surface area contributed by atoms with Gasteiger partial charge in [-0.15, -0.1) is 0 Å². The van der Waals surface area contributed by atoms with Crippen molar-refractivity contribution in [3.05, 3.63) is 102 Å². The van der Waals surface area contributed by atoms with Crippen LogP contribution < -0.4 is 4.90 Å². The number of hydrogen-bond donors (Lipinski definition) is 0. The van der Waals surface area contributed by atoms with Crippen LogP contribution in [0.5, 0.6) is 0 Å². The molecule has 2 heteroatoms. The molecule has 0 fully saturated rings. The summed E-state index contributed by atoms with van der Waals surface area (Å²) in [5.74, 6) is 0.537. The minimum atomic E-state index is 0.00278. The Kier molecular flexibility index (Phi) is 6.71. The van der Waals surface area contributed by atoms with Gasteiger partial charge in [0.1, 0.15) is 6.54 Å². The summed E-state index contributed by atoms with van der Waals surface area (Å²) < 4.78 is 2.55. The third-order valence-electron chi connectivity index (χ3n) is 7.82. The Bertz CT molecular complexity index is 1130. The fourth-order valence-electron chi connectivity index (χ4n) is 6.07. The van der Waals surface area contributed by atoms with Gasteiger partial charge in [-0.1, -0.05) is 80.7 Å². The molecule has 0 aromatic heterocycles. The third-order valence-corrected chi connectivity index (χ3v) is 7.82. The summed E-state index contributed by atoms with van der Waals surface area (Å²) in [7, 11) is 0. The quantitative estimate of drug-likeness (QED) is 0.322. The van der Waals surface area contributed by atoms with E-state index in [2.05, 4.69) is 149 Å². The number of likely N-dealkylation sites (N-methyl/N-ethyl adjacent to an activating group) is 1. The van der Waals surface area contributed by atoms with Crippen LogP contribution in [0.15, 0.2) is 96.8 Å². The van der Waals surface area contributed by atoms with Crippen LogP contribution in [0.25, 0.3) is 0 Å². The molecule has 0 amide bonds. The first-order valence-electron chi connectivity index (χ1n) is 12.8.